The smallest absolute Gasteiger partial charge is 0.293 e. The van der Waals surface area contributed by atoms with Gasteiger partial charge in [0.05, 0.1) is 23.4 Å². The van der Waals surface area contributed by atoms with E-state index in [1.165, 1.54) is 26.2 Å². The van der Waals surface area contributed by atoms with Gasteiger partial charge in [-0.3, -0.25) is 19.0 Å². The van der Waals surface area contributed by atoms with Crippen molar-refractivity contribution in [2.75, 3.05) is 12.4 Å². The first-order chi connectivity index (χ1) is 21.7. The van der Waals surface area contributed by atoms with E-state index in [2.05, 4.69) is 16.9 Å². The van der Waals surface area contributed by atoms with Crippen LogP contribution >= 0.6 is 0 Å². The summed E-state index contributed by atoms with van der Waals surface area (Å²) in [5.41, 5.74) is 3.08. The number of anilines is 2. The van der Waals surface area contributed by atoms with Crippen LogP contribution in [-0.4, -0.2) is 37.1 Å². The molecule has 2 aromatic heterocycles. The molecule has 0 unspecified atom stereocenters. The van der Waals surface area contributed by atoms with Crippen LogP contribution in [0.2, 0.25) is 0 Å². The van der Waals surface area contributed by atoms with E-state index in [0.29, 0.717) is 46.0 Å². The molecule has 5 aromatic rings. The molecule has 2 heterocycles. The number of hydrogen-bond acceptors (Lipinski definition) is 6. The Morgan fingerprint density at radius 1 is 1.13 bits per heavy atom. The summed E-state index contributed by atoms with van der Waals surface area (Å²) in [6, 6.07) is 17.5. The molecule has 1 amide bonds. The monoisotopic (exact) mass is 605 g/mol. The summed E-state index contributed by atoms with van der Waals surface area (Å²) in [6.07, 6.45) is 6.43. The van der Waals surface area contributed by atoms with E-state index in [1.54, 1.807) is 56.8 Å². The van der Waals surface area contributed by atoms with Gasteiger partial charge in [-0.05, 0) is 71.7 Å². The minimum Gasteiger partial charge on any atom is -0.392 e. The number of fused-ring (bicyclic) bond motifs is 1. The maximum atomic E-state index is 15.2. The van der Waals surface area contributed by atoms with Gasteiger partial charge in [-0.2, -0.15) is 0 Å². The van der Waals surface area contributed by atoms with Crippen LogP contribution in [0, 0.1) is 5.82 Å². The van der Waals surface area contributed by atoms with Gasteiger partial charge in [0.15, 0.2) is 5.82 Å². The predicted molar refractivity (Wildman–Crippen MR) is 172 cm³/mol. The van der Waals surface area contributed by atoms with Gasteiger partial charge in [-0.25, -0.2) is 9.37 Å². The number of carbonyl (C=O) groups excluding carboxylic acids is 1. The normalized spacial score (nSPS) is 12.7. The Hall–Kier alpha value is -5.35. The predicted octanol–water partition coefficient (Wildman–Crippen LogP) is 5.15. The molecule has 6 rings (SSSR count). The van der Waals surface area contributed by atoms with E-state index < -0.39 is 18.0 Å². The van der Waals surface area contributed by atoms with Crippen LogP contribution in [0.5, 0.6) is 0 Å². The largest absolute Gasteiger partial charge is 0.392 e. The second kappa shape index (κ2) is 12.0. The van der Waals surface area contributed by atoms with Crippen molar-refractivity contribution in [3.63, 3.8) is 0 Å². The number of carbonyl (C=O) groups is 1. The summed E-state index contributed by atoms with van der Waals surface area (Å²) >= 11 is 0. The Bertz CT molecular complexity index is 2100. The third-order valence-corrected chi connectivity index (χ3v) is 8.10. The van der Waals surface area contributed by atoms with Gasteiger partial charge in [0, 0.05) is 49.8 Å². The Labute approximate surface area is 258 Å². The van der Waals surface area contributed by atoms with Crippen LogP contribution in [-0.2, 0) is 25.0 Å². The molecule has 0 spiro atoms. The number of rotatable bonds is 9. The van der Waals surface area contributed by atoms with Gasteiger partial charge in [0.1, 0.15) is 5.82 Å². The second-order valence-electron chi connectivity index (χ2n) is 11.3. The van der Waals surface area contributed by atoms with Crippen LogP contribution in [0.25, 0.3) is 27.7 Å². The van der Waals surface area contributed by atoms with Crippen molar-refractivity contribution in [1.82, 2.24) is 19.0 Å². The van der Waals surface area contributed by atoms with E-state index in [4.69, 9.17) is 0 Å². The highest BCUT2D eigenvalue weighted by Crippen LogP contribution is 2.41. The highest BCUT2D eigenvalue weighted by molar-refractivity contribution is 5.86. The summed E-state index contributed by atoms with van der Waals surface area (Å²) in [5, 5.41) is 14.2. The molecule has 0 saturated heterocycles. The Morgan fingerprint density at radius 3 is 2.64 bits per heavy atom. The molecular weight excluding hydrogens is 573 g/mol. The van der Waals surface area contributed by atoms with Gasteiger partial charge in [-0.15, -0.1) is 0 Å². The second-order valence-corrected chi connectivity index (χ2v) is 11.3. The zero-order chi connectivity index (χ0) is 31.8. The van der Waals surface area contributed by atoms with Crippen molar-refractivity contribution in [3.8, 4) is 16.9 Å². The number of benzene rings is 3. The van der Waals surface area contributed by atoms with Gasteiger partial charge < -0.3 is 19.9 Å². The number of nitrogens with one attached hydrogen (secondary N) is 1. The lowest BCUT2D eigenvalue weighted by molar-refractivity contribution is -0.125. The summed E-state index contributed by atoms with van der Waals surface area (Å²) in [6.45, 7) is 3.42. The first-order valence-corrected chi connectivity index (χ1v) is 14.6. The van der Waals surface area contributed by atoms with E-state index in [-0.39, 0.29) is 22.7 Å². The third-order valence-electron chi connectivity index (χ3n) is 8.10. The molecule has 0 aliphatic heterocycles. The number of amides is 1. The Morgan fingerprint density at radius 2 is 1.91 bits per heavy atom. The average Bonchev–Trinajstić information content (AvgIpc) is 3.88. The fourth-order valence-electron chi connectivity index (χ4n) is 5.61. The lowest BCUT2D eigenvalue weighted by Gasteiger charge is -2.17. The van der Waals surface area contributed by atoms with E-state index >= 15 is 4.39 Å². The summed E-state index contributed by atoms with van der Waals surface area (Å²) in [4.78, 5) is 44.8. The molecule has 3 aromatic carbocycles. The number of halogens is 1. The summed E-state index contributed by atoms with van der Waals surface area (Å²) in [5.74, 6) is -0.379. The number of likely N-dealkylation sites (N-methyl/N-ethyl adjacent to an activating group) is 1. The van der Waals surface area contributed by atoms with Crippen molar-refractivity contribution >= 4 is 28.2 Å². The maximum absolute atomic E-state index is 15.2. The first-order valence-electron chi connectivity index (χ1n) is 14.6. The van der Waals surface area contributed by atoms with Gasteiger partial charge in [-0.1, -0.05) is 36.9 Å². The van der Waals surface area contributed by atoms with Crippen LogP contribution in [0.4, 0.5) is 15.9 Å². The maximum Gasteiger partial charge on any atom is 0.293 e. The van der Waals surface area contributed by atoms with Gasteiger partial charge in [0.2, 0.25) is 5.91 Å². The molecular formula is C35H32FN5O4. The molecule has 1 aliphatic rings. The molecule has 45 heavy (non-hydrogen) atoms. The number of pyridine rings is 1. The number of hydrogen-bond donors (Lipinski definition) is 2. The quantitative estimate of drug-likeness (QED) is 0.225. The first kappa shape index (κ1) is 29.7. The average molecular weight is 606 g/mol. The van der Waals surface area contributed by atoms with Crippen molar-refractivity contribution in [2.24, 2.45) is 7.05 Å². The van der Waals surface area contributed by atoms with Gasteiger partial charge >= 0.3 is 0 Å². The zero-order valence-electron chi connectivity index (χ0n) is 25.0. The molecule has 2 N–H and O–H groups in total. The number of aryl methyl sites for hydroxylation is 1. The molecule has 1 aliphatic carbocycles. The lowest BCUT2D eigenvalue weighted by atomic mass is 10.0. The molecule has 10 heteroatoms. The zero-order valence-corrected chi connectivity index (χ0v) is 25.0. The molecule has 9 nitrogen and oxygen atoms in total. The van der Waals surface area contributed by atoms with Crippen LogP contribution < -0.4 is 16.4 Å². The summed E-state index contributed by atoms with van der Waals surface area (Å²) < 4.78 is 17.9. The fourth-order valence-corrected chi connectivity index (χ4v) is 5.61. The van der Waals surface area contributed by atoms with Crippen LogP contribution in [0.3, 0.4) is 0 Å². The topological polar surface area (TPSA) is 109 Å². The molecule has 0 radical (unpaired) electrons. The number of aromatic nitrogens is 3. The van der Waals surface area contributed by atoms with Crippen molar-refractivity contribution in [1.29, 1.82) is 0 Å². The molecule has 0 atom stereocenters. The SMILES string of the molecule is C=CC(=O)N(C)Cc1cccc(Nc2nc(-c3cccc(-n4ccc5cc(C6CC6)cc(F)c5c4=O)c3CO)cn(C)c2=O)c1. The van der Waals surface area contributed by atoms with Crippen LogP contribution in [0.1, 0.15) is 35.4 Å². The fraction of sp³-hybridized carbons (Fsp3) is 0.200. The Kier molecular flexibility index (Phi) is 7.90. The van der Waals surface area contributed by atoms with Crippen molar-refractivity contribution in [3.05, 3.63) is 129 Å². The van der Waals surface area contributed by atoms with E-state index in [9.17, 15) is 19.5 Å². The van der Waals surface area contributed by atoms with Crippen molar-refractivity contribution in [2.45, 2.75) is 31.9 Å². The number of aliphatic hydroxyl groups is 1. The minimum atomic E-state index is -0.561. The highest BCUT2D eigenvalue weighted by atomic mass is 19.1. The van der Waals surface area contributed by atoms with E-state index in [0.717, 1.165) is 24.0 Å². The summed E-state index contributed by atoms with van der Waals surface area (Å²) in [7, 11) is 3.27. The van der Waals surface area contributed by atoms with Gasteiger partial charge in [0.25, 0.3) is 11.1 Å². The number of nitrogens with zero attached hydrogens (tertiary/aromatic N) is 4. The highest BCUT2D eigenvalue weighted by Gasteiger charge is 2.25. The molecule has 1 saturated carbocycles. The minimum absolute atomic E-state index is 0.00908. The lowest BCUT2D eigenvalue weighted by Crippen LogP contribution is -2.24. The molecule has 228 valence electrons. The standard InChI is InChI=1S/C35H32FN5O4/c1-4-31(43)39(2)18-21-7-5-8-25(15-21)37-33-35(45)40(3)19-29(38-33)26-9-6-10-30(27(26)20-42)41-14-13-23-16-24(22-11-12-22)17-28(36)32(23)34(41)44/h4-10,13-17,19,22,42H,1,11-12,18,20H2,2-3H3,(H,37,38). The van der Waals surface area contributed by atoms with Crippen molar-refractivity contribution < 1.29 is 14.3 Å². The number of aliphatic hydroxyl groups excluding tert-OH is 1. The van der Waals surface area contributed by atoms with E-state index in [1.807, 2.05) is 24.3 Å². The Balaban J connectivity index is 1.38. The molecule has 0 bridgehead atoms. The third kappa shape index (κ3) is 5.80. The van der Waals surface area contributed by atoms with Crippen LogP contribution in [0.15, 0.2) is 95.3 Å². The molecule has 1 fully saturated rings.